The summed E-state index contributed by atoms with van der Waals surface area (Å²) >= 11 is 0. The van der Waals surface area contributed by atoms with Gasteiger partial charge in [0.1, 0.15) is 12.1 Å². The van der Waals surface area contributed by atoms with Gasteiger partial charge in [0.25, 0.3) is 0 Å². The average Bonchev–Trinajstić information content (AvgIpc) is 2.94. The zero-order chi connectivity index (χ0) is 14.8. The molecule has 2 aromatic heterocycles. The number of pyridine rings is 1. The molecule has 1 aliphatic rings. The molecular formula is C14H18N4O3. The van der Waals surface area contributed by atoms with Crippen LogP contribution < -0.4 is 4.90 Å². The zero-order valence-electron chi connectivity index (χ0n) is 12.2. The molecule has 1 atom stereocenters. The van der Waals surface area contributed by atoms with Gasteiger partial charge in [-0.25, -0.2) is 4.98 Å². The lowest BCUT2D eigenvalue weighted by Gasteiger charge is -2.34. The van der Waals surface area contributed by atoms with E-state index < -0.39 is 0 Å². The Balaban J connectivity index is 1.84. The van der Waals surface area contributed by atoms with Crippen LogP contribution in [0.3, 0.4) is 0 Å². The van der Waals surface area contributed by atoms with Gasteiger partial charge in [0, 0.05) is 13.1 Å². The highest BCUT2D eigenvalue weighted by Crippen LogP contribution is 2.21. The molecule has 0 radical (unpaired) electrons. The van der Waals surface area contributed by atoms with Crippen molar-refractivity contribution < 1.29 is 14.3 Å². The van der Waals surface area contributed by atoms with Gasteiger partial charge in [0.2, 0.25) is 0 Å². The summed E-state index contributed by atoms with van der Waals surface area (Å²) in [6, 6.07) is 4.06. The second-order valence-electron chi connectivity index (χ2n) is 5.14. The van der Waals surface area contributed by atoms with Crippen molar-refractivity contribution in [3.63, 3.8) is 0 Å². The zero-order valence-corrected chi connectivity index (χ0v) is 12.2. The minimum absolute atomic E-state index is 0.162. The first-order valence-corrected chi connectivity index (χ1v) is 6.91. The van der Waals surface area contributed by atoms with Crippen LogP contribution in [0, 0.1) is 6.92 Å². The van der Waals surface area contributed by atoms with E-state index in [1.165, 1.54) is 7.11 Å². The van der Waals surface area contributed by atoms with Crippen LogP contribution in [0.2, 0.25) is 0 Å². The van der Waals surface area contributed by atoms with Crippen molar-refractivity contribution >= 4 is 17.4 Å². The Kier molecular flexibility index (Phi) is 3.74. The van der Waals surface area contributed by atoms with Crippen LogP contribution in [-0.2, 0) is 14.3 Å². The molecule has 1 aliphatic heterocycles. The lowest BCUT2D eigenvalue weighted by Crippen LogP contribution is -2.44. The first-order valence-electron chi connectivity index (χ1n) is 6.91. The molecule has 7 heteroatoms. The summed E-state index contributed by atoms with van der Waals surface area (Å²) in [7, 11) is 1.39. The smallest absolute Gasteiger partial charge is 0.308 e. The number of esters is 1. The van der Waals surface area contributed by atoms with Crippen molar-refractivity contribution in [2.75, 3.05) is 31.7 Å². The second kappa shape index (κ2) is 5.69. The number of hydrogen-bond donors (Lipinski definition) is 0. The normalized spacial score (nSPS) is 19.0. The molecule has 1 unspecified atom stereocenters. The van der Waals surface area contributed by atoms with E-state index in [0.29, 0.717) is 13.2 Å². The van der Waals surface area contributed by atoms with Crippen LogP contribution in [0.25, 0.3) is 5.65 Å². The maximum absolute atomic E-state index is 11.4. The first kappa shape index (κ1) is 13.8. The van der Waals surface area contributed by atoms with Crippen LogP contribution in [0.5, 0.6) is 0 Å². The summed E-state index contributed by atoms with van der Waals surface area (Å²) in [6.45, 7) is 4.00. The summed E-state index contributed by atoms with van der Waals surface area (Å²) in [4.78, 5) is 17.8. The first-order chi connectivity index (χ1) is 10.2. The van der Waals surface area contributed by atoms with Crippen LogP contribution in [0.1, 0.15) is 12.0 Å². The van der Waals surface area contributed by atoms with E-state index in [-0.39, 0.29) is 18.5 Å². The molecule has 3 heterocycles. The van der Waals surface area contributed by atoms with Crippen molar-refractivity contribution in [1.29, 1.82) is 0 Å². The van der Waals surface area contributed by atoms with E-state index in [1.807, 2.05) is 17.5 Å². The van der Waals surface area contributed by atoms with Gasteiger partial charge in [-0.3, -0.25) is 4.79 Å². The van der Waals surface area contributed by atoms with E-state index in [0.717, 1.165) is 23.6 Å². The summed E-state index contributed by atoms with van der Waals surface area (Å²) in [5.41, 5.74) is 1.95. The van der Waals surface area contributed by atoms with Gasteiger partial charge in [-0.1, -0.05) is 0 Å². The molecule has 0 N–H and O–H groups in total. The number of ether oxygens (including phenoxy) is 2. The van der Waals surface area contributed by atoms with E-state index in [2.05, 4.69) is 21.0 Å². The van der Waals surface area contributed by atoms with Gasteiger partial charge in [0.15, 0.2) is 5.65 Å². The number of rotatable bonds is 3. The fourth-order valence-electron chi connectivity index (χ4n) is 2.58. The molecule has 1 saturated heterocycles. The average molecular weight is 290 g/mol. The molecule has 0 aromatic carbocycles. The van der Waals surface area contributed by atoms with Gasteiger partial charge >= 0.3 is 5.97 Å². The maximum atomic E-state index is 11.4. The van der Waals surface area contributed by atoms with E-state index >= 15 is 0 Å². The molecule has 1 fully saturated rings. The third kappa shape index (κ3) is 2.82. The Bertz CT molecular complexity index is 655. The quantitative estimate of drug-likeness (QED) is 0.779. The fourth-order valence-corrected chi connectivity index (χ4v) is 2.58. The number of aryl methyl sites for hydroxylation is 1. The highest BCUT2D eigenvalue weighted by molar-refractivity contribution is 5.70. The standard InChI is InChI=1S/C14H18N4O3/c1-10-5-12-15-9-16-18(12)13(6-10)17-3-4-21-11(8-17)7-14(19)20-2/h5-6,9,11H,3-4,7-8H2,1-2H3. The Morgan fingerprint density at radius 1 is 1.52 bits per heavy atom. The van der Waals surface area contributed by atoms with Gasteiger partial charge < -0.3 is 14.4 Å². The van der Waals surface area contributed by atoms with Gasteiger partial charge in [-0.15, -0.1) is 0 Å². The molecule has 0 spiro atoms. The number of morpholine rings is 1. The molecule has 0 bridgehead atoms. The highest BCUT2D eigenvalue weighted by atomic mass is 16.5. The summed E-state index contributed by atoms with van der Waals surface area (Å²) < 4.78 is 12.2. The SMILES string of the molecule is COC(=O)CC1CN(c2cc(C)cc3ncnn23)CCO1. The monoisotopic (exact) mass is 290 g/mol. The molecule has 3 rings (SSSR count). The maximum Gasteiger partial charge on any atom is 0.308 e. The minimum Gasteiger partial charge on any atom is -0.469 e. The van der Waals surface area contributed by atoms with Crippen LogP contribution in [-0.4, -0.2) is 53.5 Å². The number of carbonyl (C=O) groups is 1. The topological polar surface area (TPSA) is 69.0 Å². The highest BCUT2D eigenvalue weighted by Gasteiger charge is 2.25. The Labute approximate surface area is 122 Å². The van der Waals surface area contributed by atoms with Crippen molar-refractivity contribution in [2.45, 2.75) is 19.4 Å². The van der Waals surface area contributed by atoms with Crippen LogP contribution in [0.4, 0.5) is 5.82 Å². The minimum atomic E-state index is -0.253. The molecule has 0 saturated carbocycles. The largest absolute Gasteiger partial charge is 0.469 e. The van der Waals surface area contributed by atoms with Crippen LogP contribution >= 0.6 is 0 Å². The number of anilines is 1. The summed E-state index contributed by atoms with van der Waals surface area (Å²) in [6.07, 6.45) is 1.65. The van der Waals surface area contributed by atoms with Crippen molar-refractivity contribution in [2.24, 2.45) is 0 Å². The number of nitrogens with zero attached hydrogens (tertiary/aromatic N) is 4. The third-order valence-electron chi connectivity index (χ3n) is 3.59. The van der Waals surface area contributed by atoms with E-state index in [1.54, 1.807) is 6.33 Å². The van der Waals surface area contributed by atoms with Gasteiger partial charge in [0.05, 0.1) is 26.2 Å². The third-order valence-corrected chi connectivity index (χ3v) is 3.59. The number of carbonyl (C=O) groups excluding carboxylic acids is 1. The predicted octanol–water partition coefficient (Wildman–Crippen LogP) is 0.806. The Morgan fingerprint density at radius 3 is 3.19 bits per heavy atom. The van der Waals surface area contributed by atoms with E-state index in [9.17, 15) is 4.79 Å². The lowest BCUT2D eigenvalue weighted by molar-refractivity contribution is -0.144. The summed E-state index contributed by atoms with van der Waals surface area (Å²) in [5.74, 6) is 0.720. The van der Waals surface area contributed by atoms with Gasteiger partial charge in [-0.2, -0.15) is 9.61 Å². The lowest BCUT2D eigenvalue weighted by atomic mass is 10.2. The molecule has 7 nitrogen and oxygen atoms in total. The number of hydrogen-bond acceptors (Lipinski definition) is 6. The van der Waals surface area contributed by atoms with Crippen molar-refractivity contribution in [1.82, 2.24) is 14.6 Å². The molecular weight excluding hydrogens is 272 g/mol. The number of fused-ring (bicyclic) bond motifs is 1. The molecule has 0 aliphatic carbocycles. The van der Waals surface area contributed by atoms with Crippen molar-refractivity contribution in [3.05, 3.63) is 24.0 Å². The molecule has 2 aromatic rings. The number of aromatic nitrogens is 3. The molecule has 0 amide bonds. The fraction of sp³-hybridized carbons (Fsp3) is 0.500. The van der Waals surface area contributed by atoms with Crippen LogP contribution in [0.15, 0.2) is 18.5 Å². The Morgan fingerprint density at radius 2 is 2.38 bits per heavy atom. The number of methoxy groups -OCH3 is 1. The van der Waals surface area contributed by atoms with Crippen molar-refractivity contribution in [3.8, 4) is 0 Å². The molecule has 21 heavy (non-hydrogen) atoms. The predicted molar refractivity (Wildman–Crippen MR) is 76.3 cm³/mol. The molecule has 112 valence electrons. The second-order valence-corrected chi connectivity index (χ2v) is 5.14. The van der Waals surface area contributed by atoms with E-state index in [4.69, 9.17) is 9.47 Å². The Hall–Kier alpha value is -2.15. The summed E-state index contributed by atoms with van der Waals surface area (Å²) in [5, 5.41) is 4.27. The van der Waals surface area contributed by atoms with Gasteiger partial charge in [-0.05, 0) is 24.6 Å².